The van der Waals surface area contributed by atoms with E-state index < -0.39 is 0 Å². The Balaban J connectivity index is 1.96. The molecule has 1 atom stereocenters. The van der Waals surface area contributed by atoms with Crippen LogP contribution in [-0.2, 0) is 13.0 Å². The summed E-state index contributed by atoms with van der Waals surface area (Å²) >= 11 is 0. The molecule has 0 saturated carbocycles. The summed E-state index contributed by atoms with van der Waals surface area (Å²) in [4.78, 5) is 12.2. The lowest BCUT2D eigenvalue weighted by molar-refractivity contribution is 0.186. The fourth-order valence-corrected chi connectivity index (χ4v) is 3.75. The summed E-state index contributed by atoms with van der Waals surface area (Å²) in [6.07, 6.45) is 5.45. The summed E-state index contributed by atoms with van der Waals surface area (Å²) in [6, 6.07) is 5.28. The molecule has 0 aliphatic carbocycles. The van der Waals surface area contributed by atoms with Crippen molar-refractivity contribution in [3.8, 4) is 0 Å². The number of nitrogens with zero attached hydrogens (tertiary/aromatic N) is 4. The average Bonchev–Trinajstić information content (AvgIpc) is 3.03. The predicted octanol–water partition coefficient (Wildman–Crippen LogP) is 3.89. The average molecular weight is 314 g/mol. The van der Waals surface area contributed by atoms with Crippen molar-refractivity contribution in [3.05, 3.63) is 24.2 Å². The largest absolute Gasteiger partial charge is 0.311 e. The van der Waals surface area contributed by atoms with E-state index in [1.807, 2.05) is 12.3 Å². The van der Waals surface area contributed by atoms with Crippen molar-refractivity contribution < 1.29 is 0 Å². The normalized spacial score (nSPS) is 20.0. The Morgan fingerprint density at radius 2 is 2.09 bits per heavy atom. The highest BCUT2D eigenvalue weighted by Gasteiger charge is 2.28. The van der Waals surface area contributed by atoms with Crippen LogP contribution in [0.1, 0.15) is 53.3 Å². The van der Waals surface area contributed by atoms with Crippen LogP contribution in [0.15, 0.2) is 18.3 Å². The van der Waals surface area contributed by atoms with Crippen LogP contribution in [0.5, 0.6) is 0 Å². The second kappa shape index (κ2) is 6.23. The van der Waals surface area contributed by atoms with E-state index in [0.717, 1.165) is 24.1 Å². The lowest BCUT2D eigenvalue weighted by Crippen LogP contribution is -2.38. The molecule has 3 rings (SSSR count). The van der Waals surface area contributed by atoms with E-state index >= 15 is 0 Å². The number of hydrogen-bond donors (Lipinski definition) is 0. The van der Waals surface area contributed by atoms with Crippen LogP contribution in [0.2, 0.25) is 0 Å². The number of pyridine rings is 1. The molecule has 2 aromatic rings. The van der Waals surface area contributed by atoms with Gasteiger partial charge in [-0.2, -0.15) is 0 Å². The minimum absolute atomic E-state index is 0.229. The van der Waals surface area contributed by atoms with Gasteiger partial charge in [0.15, 0.2) is 5.65 Å². The smallest absolute Gasteiger partial charge is 0.160 e. The third kappa shape index (κ3) is 3.57. The van der Waals surface area contributed by atoms with Gasteiger partial charge in [-0.05, 0) is 50.8 Å². The van der Waals surface area contributed by atoms with Gasteiger partial charge < -0.3 is 4.57 Å². The summed E-state index contributed by atoms with van der Waals surface area (Å²) in [5.74, 6) is 1.18. The van der Waals surface area contributed by atoms with Gasteiger partial charge in [-0.1, -0.05) is 20.8 Å². The van der Waals surface area contributed by atoms with Crippen LogP contribution in [-0.4, -0.2) is 38.1 Å². The van der Waals surface area contributed by atoms with Crippen LogP contribution < -0.4 is 0 Å². The minimum atomic E-state index is 0.229. The highest BCUT2D eigenvalue weighted by Crippen LogP contribution is 2.27. The van der Waals surface area contributed by atoms with Crippen molar-refractivity contribution in [3.63, 3.8) is 0 Å². The van der Waals surface area contributed by atoms with Crippen molar-refractivity contribution in [2.75, 3.05) is 6.54 Å². The third-order valence-electron chi connectivity index (χ3n) is 4.75. The molecule has 1 aliphatic heterocycles. The molecule has 1 saturated heterocycles. The maximum atomic E-state index is 4.89. The van der Waals surface area contributed by atoms with Gasteiger partial charge in [-0.25, -0.2) is 9.97 Å². The molecular weight excluding hydrogens is 284 g/mol. The van der Waals surface area contributed by atoms with Crippen molar-refractivity contribution in [1.82, 2.24) is 19.4 Å². The first-order valence-corrected chi connectivity index (χ1v) is 8.91. The number of rotatable bonds is 4. The highest BCUT2D eigenvalue weighted by molar-refractivity contribution is 5.71. The molecule has 126 valence electrons. The van der Waals surface area contributed by atoms with Crippen molar-refractivity contribution in [1.29, 1.82) is 0 Å². The minimum Gasteiger partial charge on any atom is -0.311 e. The van der Waals surface area contributed by atoms with E-state index in [9.17, 15) is 0 Å². The topological polar surface area (TPSA) is 34.0 Å². The lowest BCUT2D eigenvalue weighted by Gasteiger charge is -2.29. The Labute approximate surface area is 139 Å². The van der Waals surface area contributed by atoms with E-state index in [-0.39, 0.29) is 5.41 Å². The Morgan fingerprint density at radius 3 is 2.78 bits per heavy atom. The number of hydrogen-bond acceptors (Lipinski definition) is 3. The van der Waals surface area contributed by atoms with E-state index in [1.54, 1.807) is 0 Å². The van der Waals surface area contributed by atoms with E-state index in [2.05, 4.69) is 55.1 Å². The fraction of sp³-hybridized carbons (Fsp3) is 0.684. The van der Waals surface area contributed by atoms with Crippen LogP contribution in [0.4, 0.5) is 0 Å². The zero-order valence-electron chi connectivity index (χ0n) is 15.2. The second-order valence-corrected chi connectivity index (χ2v) is 8.35. The van der Waals surface area contributed by atoms with E-state index in [1.165, 1.54) is 25.2 Å². The van der Waals surface area contributed by atoms with Crippen LogP contribution in [0.3, 0.4) is 0 Å². The third-order valence-corrected chi connectivity index (χ3v) is 4.75. The Kier molecular flexibility index (Phi) is 4.45. The second-order valence-electron chi connectivity index (χ2n) is 8.35. The predicted molar refractivity (Wildman–Crippen MR) is 95.6 cm³/mol. The molecule has 4 nitrogen and oxygen atoms in total. The molecule has 0 spiro atoms. The summed E-state index contributed by atoms with van der Waals surface area (Å²) in [7, 11) is 0. The molecule has 3 heterocycles. The number of likely N-dealkylation sites (tertiary alicyclic amines) is 1. The van der Waals surface area contributed by atoms with Crippen molar-refractivity contribution in [2.24, 2.45) is 5.41 Å². The van der Waals surface area contributed by atoms with E-state index in [4.69, 9.17) is 4.98 Å². The monoisotopic (exact) mass is 314 g/mol. The quantitative estimate of drug-likeness (QED) is 0.858. The maximum Gasteiger partial charge on any atom is 0.160 e. The van der Waals surface area contributed by atoms with Crippen molar-refractivity contribution in [2.45, 2.75) is 72.5 Å². The Bertz CT molecular complexity index is 666. The van der Waals surface area contributed by atoms with Gasteiger partial charge in [0.2, 0.25) is 0 Å². The molecule has 1 aliphatic rings. The molecule has 4 heteroatoms. The number of imidazole rings is 1. The van der Waals surface area contributed by atoms with Gasteiger partial charge in [0, 0.05) is 31.2 Å². The van der Waals surface area contributed by atoms with Gasteiger partial charge in [0.05, 0.1) is 0 Å². The van der Waals surface area contributed by atoms with Crippen molar-refractivity contribution >= 4 is 11.2 Å². The summed E-state index contributed by atoms with van der Waals surface area (Å²) in [6.45, 7) is 13.7. The SMILES string of the molecule is CC(C)N1CCCC1Cn1c(CC(C)(C)C)nc2cccnc21. The lowest BCUT2D eigenvalue weighted by atomic mass is 9.92. The van der Waals surface area contributed by atoms with E-state index in [0.29, 0.717) is 12.1 Å². The van der Waals surface area contributed by atoms with Crippen LogP contribution >= 0.6 is 0 Å². The molecule has 1 unspecified atom stereocenters. The molecule has 0 radical (unpaired) electrons. The van der Waals surface area contributed by atoms with Gasteiger partial charge in [-0.3, -0.25) is 4.90 Å². The number of fused-ring (bicyclic) bond motifs is 1. The van der Waals surface area contributed by atoms with Crippen LogP contribution in [0, 0.1) is 5.41 Å². The molecule has 0 N–H and O–H groups in total. The Hall–Kier alpha value is -1.42. The summed E-state index contributed by atoms with van der Waals surface area (Å²) < 4.78 is 2.38. The molecule has 0 bridgehead atoms. The van der Waals surface area contributed by atoms with Gasteiger partial charge in [0.1, 0.15) is 11.3 Å². The standard InChI is InChI=1S/C19H30N4/c1-14(2)22-11-7-8-15(22)13-23-17(12-19(3,4)5)21-16-9-6-10-20-18(16)23/h6,9-10,14-15H,7-8,11-13H2,1-5H3. The van der Waals surface area contributed by atoms with Gasteiger partial charge >= 0.3 is 0 Å². The van der Waals surface area contributed by atoms with Gasteiger partial charge in [0.25, 0.3) is 0 Å². The molecular formula is C19H30N4. The first-order chi connectivity index (χ1) is 10.8. The summed E-state index contributed by atoms with van der Waals surface area (Å²) in [5.41, 5.74) is 2.30. The highest BCUT2D eigenvalue weighted by atomic mass is 15.2. The maximum absolute atomic E-state index is 4.89. The Morgan fingerprint density at radius 1 is 1.30 bits per heavy atom. The number of aromatic nitrogens is 3. The fourth-order valence-electron chi connectivity index (χ4n) is 3.75. The summed E-state index contributed by atoms with van der Waals surface area (Å²) in [5, 5.41) is 0. The first-order valence-electron chi connectivity index (χ1n) is 8.91. The molecule has 1 fully saturated rings. The molecule has 0 aromatic carbocycles. The zero-order chi connectivity index (χ0) is 16.6. The first kappa shape index (κ1) is 16.4. The van der Waals surface area contributed by atoms with Gasteiger partial charge in [-0.15, -0.1) is 0 Å². The zero-order valence-corrected chi connectivity index (χ0v) is 15.2. The molecule has 23 heavy (non-hydrogen) atoms. The molecule has 2 aromatic heterocycles. The van der Waals surface area contributed by atoms with Crippen LogP contribution in [0.25, 0.3) is 11.2 Å². The molecule has 0 amide bonds.